The number of aromatic nitrogens is 2. The molecule has 2 fully saturated rings. The van der Waals surface area contributed by atoms with E-state index in [1.54, 1.807) is 29.3 Å². The van der Waals surface area contributed by atoms with Gasteiger partial charge in [0.2, 0.25) is 0 Å². The van der Waals surface area contributed by atoms with Crippen molar-refractivity contribution >= 4 is 17.5 Å². The SMILES string of the molecule is COc1cccc(F)c1-c1nccc2c1CN(c1cc(C)cc(N3CCC4NCCC43)n1)C2=O. The molecule has 2 atom stereocenters. The van der Waals surface area contributed by atoms with Crippen molar-refractivity contribution in [2.75, 3.05) is 30.0 Å². The number of pyridine rings is 2. The van der Waals surface area contributed by atoms with Gasteiger partial charge in [-0.3, -0.25) is 14.7 Å². The highest BCUT2D eigenvalue weighted by Gasteiger charge is 2.39. The highest BCUT2D eigenvalue weighted by molar-refractivity contribution is 6.10. The fourth-order valence-corrected chi connectivity index (χ4v) is 5.60. The molecule has 1 aromatic carbocycles. The van der Waals surface area contributed by atoms with Crippen LogP contribution in [0.1, 0.15) is 34.3 Å². The minimum Gasteiger partial charge on any atom is -0.496 e. The number of aryl methyl sites for hydroxylation is 1. The zero-order valence-electron chi connectivity index (χ0n) is 19.2. The second-order valence-electron chi connectivity index (χ2n) is 9.15. The zero-order chi connectivity index (χ0) is 23.4. The molecule has 3 aliphatic heterocycles. The number of benzene rings is 1. The Hall–Kier alpha value is -3.52. The van der Waals surface area contributed by atoms with E-state index in [-0.39, 0.29) is 18.0 Å². The number of nitrogens with one attached hydrogen (secondary N) is 1. The average Bonchev–Trinajstić information content (AvgIpc) is 3.53. The van der Waals surface area contributed by atoms with Crippen LogP contribution in [-0.4, -0.2) is 48.2 Å². The van der Waals surface area contributed by atoms with E-state index in [0.29, 0.717) is 40.5 Å². The van der Waals surface area contributed by atoms with Gasteiger partial charge >= 0.3 is 0 Å². The van der Waals surface area contributed by atoms with Gasteiger partial charge in [-0.05, 0) is 62.2 Å². The van der Waals surface area contributed by atoms with Crippen LogP contribution in [0.4, 0.5) is 16.0 Å². The van der Waals surface area contributed by atoms with Gasteiger partial charge in [-0.1, -0.05) is 6.07 Å². The van der Waals surface area contributed by atoms with Crippen LogP contribution in [0.2, 0.25) is 0 Å². The van der Waals surface area contributed by atoms with Crippen molar-refractivity contribution in [2.24, 2.45) is 0 Å². The van der Waals surface area contributed by atoms with Crippen LogP contribution in [0, 0.1) is 12.7 Å². The molecule has 2 aromatic heterocycles. The summed E-state index contributed by atoms with van der Waals surface area (Å²) in [6, 6.07) is 11.3. The van der Waals surface area contributed by atoms with Crippen LogP contribution >= 0.6 is 0 Å². The molecule has 174 valence electrons. The van der Waals surface area contributed by atoms with Gasteiger partial charge in [0.15, 0.2) is 0 Å². The van der Waals surface area contributed by atoms with Crippen molar-refractivity contribution in [2.45, 2.75) is 38.4 Å². The molecule has 6 rings (SSSR count). The quantitative estimate of drug-likeness (QED) is 0.642. The van der Waals surface area contributed by atoms with Crippen molar-refractivity contribution < 1.29 is 13.9 Å². The number of anilines is 2. The summed E-state index contributed by atoms with van der Waals surface area (Å²) in [7, 11) is 1.50. The molecule has 0 aliphatic carbocycles. The highest BCUT2D eigenvalue weighted by atomic mass is 19.1. The maximum Gasteiger partial charge on any atom is 0.260 e. The van der Waals surface area contributed by atoms with E-state index in [4.69, 9.17) is 9.72 Å². The predicted molar refractivity (Wildman–Crippen MR) is 128 cm³/mol. The van der Waals surface area contributed by atoms with E-state index in [9.17, 15) is 9.18 Å². The fourth-order valence-electron chi connectivity index (χ4n) is 5.60. The Morgan fingerprint density at radius 1 is 1.18 bits per heavy atom. The van der Waals surface area contributed by atoms with E-state index in [0.717, 1.165) is 37.3 Å². The van der Waals surface area contributed by atoms with Crippen LogP contribution in [0.15, 0.2) is 42.6 Å². The Morgan fingerprint density at radius 2 is 2.03 bits per heavy atom. The second kappa shape index (κ2) is 8.06. The van der Waals surface area contributed by atoms with E-state index < -0.39 is 5.82 Å². The van der Waals surface area contributed by atoms with Gasteiger partial charge in [0, 0.05) is 36.0 Å². The van der Waals surface area contributed by atoms with Crippen molar-refractivity contribution in [3.8, 4) is 17.0 Å². The first-order chi connectivity index (χ1) is 16.5. The maximum atomic E-state index is 14.9. The zero-order valence-corrected chi connectivity index (χ0v) is 19.2. The smallest absolute Gasteiger partial charge is 0.260 e. The second-order valence-corrected chi connectivity index (χ2v) is 9.15. The van der Waals surface area contributed by atoms with Crippen LogP contribution in [0.5, 0.6) is 5.75 Å². The first-order valence-corrected chi connectivity index (χ1v) is 11.7. The van der Waals surface area contributed by atoms with Crippen molar-refractivity contribution in [3.63, 3.8) is 0 Å². The topological polar surface area (TPSA) is 70.6 Å². The molecule has 0 spiro atoms. The molecular weight excluding hydrogens is 433 g/mol. The molecule has 2 unspecified atom stereocenters. The minimum atomic E-state index is -0.434. The molecule has 0 bridgehead atoms. The Labute approximate surface area is 197 Å². The minimum absolute atomic E-state index is 0.153. The van der Waals surface area contributed by atoms with Crippen molar-refractivity contribution in [3.05, 3.63) is 65.1 Å². The molecule has 0 saturated carbocycles. The Kier molecular flexibility index (Phi) is 4.99. The fraction of sp³-hybridized carbons (Fsp3) is 0.346. The molecule has 7 nitrogen and oxygen atoms in total. The molecule has 3 aliphatic rings. The van der Waals surface area contributed by atoms with Gasteiger partial charge in [0.1, 0.15) is 23.2 Å². The number of nitrogens with zero attached hydrogens (tertiary/aromatic N) is 4. The Morgan fingerprint density at radius 3 is 2.88 bits per heavy atom. The van der Waals surface area contributed by atoms with Gasteiger partial charge < -0.3 is 15.0 Å². The van der Waals surface area contributed by atoms with Gasteiger partial charge in [-0.15, -0.1) is 0 Å². The van der Waals surface area contributed by atoms with Crippen LogP contribution in [0.25, 0.3) is 11.3 Å². The van der Waals surface area contributed by atoms with Crippen LogP contribution < -0.4 is 19.9 Å². The maximum absolute atomic E-state index is 14.9. The summed E-state index contributed by atoms with van der Waals surface area (Å²) in [4.78, 5) is 26.9. The summed E-state index contributed by atoms with van der Waals surface area (Å²) in [5.74, 6) is 1.31. The first kappa shape index (κ1) is 21.0. The molecule has 1 N–H and O–H groups in total. The number of rotatable bonds is 4. The van der Waals surface area contributed by atoms with Crippen molar-refractivity contribution in [1.82, 2.24) is 15.3 Å². The van der Waals surface area contributed by atoms with Gasteiger partial charge in [-0.25, -0.2) is 9.37 Å². The molecule has 2 saturated heterocycles. The molecule has 3 aromatic rings. The number of amides is 1. The number of hydrogen-bond acceptors (Lipinski definition) is 6. The number of hydrogen-bond donors (Lipinski definition) is 1. The summed E-state index contributed by atoms with van der Waals surface area (Å²) in [5, 5.41) is 3.58. The molecular formula is C26H26FN5O2. The number of carbonyl (C=O) groups is 1. The number of carbonyl (C=O) groups excluding carboxylic acids is 1. The third-order valence-corrected chi connectivity index (χ3v) is 7.19. The predicted octanol–water partition coefficient (Wildman–Crippen LogP) is 3.70. The lowest BCUT2D eigenvalue weighted by atomic mass is 10.0. The van der Waals surface area contributed by atoms with E-state index in [1.807, 2.05) is 13.0 Å². The molecule has 34 heavy (non-hydrogen) atoms. The first-order valence-electron chi connectivity index (χ1n) is 11.7. The van der Waals surface area contributed by atoms with E-state index in [2.05, 4.69) is 21.3 Å². The summed E-state index contributed by atoms with van der Waals surface area (Å²) in [6.45, 7) is 4.28. The van der Waals surface area contributed by atoms with Crippen molar-refractivity contribution in [1.29, 1.82) is 0 Å². The highest BCUT2D eigenvalue weighted by Crippen LogP contribution is 2.39. The monoisotopic (exact) mass is 459 g/mol. The lowest BCUT2D eigenvalue weighted by Crippen LogP contribution is -2.35. The van der Waals surface area contributed by atoms with Gasteiger partial charge in [-0.2, -0.15) is 0 Å². The lowest BCUT2D eigenvalue weighted by molar-refractivity contribution is 0.0996. The molecule has 8 heteroatoms. The molecule has 1 amide bonds. The number of methoxy groups -OCH3 is 1. The van der Waals surface area contributed by atoms with Gasteiger partial charge in [0.05, 0.1) is 24.9 Å². The summed E-state index contributed by atoms with van der Waals surface area (Å²) >= 11 is 0. The van der Waals surface area contributed by atoms with Crippen LogP contribution in [0.3, 0.4) is 0 Å². The van der Waals surface area contributed by atoms with Crippen LogP contribution in [-0.2, 0) is 6.54 Å². The normalized spacial score (nSPS) is 21.2. The lowest BCUT2D eigenvalue weighted by Gasteiger charge is -2.26. The summed E-state index contributed by atoms with van der Waals surface area (Å²) in [6.07, 6.45) is 3.75. The summed E-state index contributed by atoms with van der Waals surface area (Å²) in [5.41, 5.74) is 2.94. The van der Waals surface area contributed by atoms with E-state index >= 15 is 0 Å². The third kappa shape index (κ3) is 3.24. The number of fused-ring (bicyclic) bond motifs is 2. The van der Waals surface area contributed by atoms with Gasteiger partial charge in [0.25, 0.3) is 5.91 Å². The summed E-state index contributed by atoms with van der Waals surface area (Å²) < 4.78 is 20.3. The largest absolute Gasteiger partial charge is 0.496 e. The van der Waals surface area contributed by atoms with E-state index in [1.165, 1.54) is 13.2 Å². The molecule has 5 heterocycles. The number of ether oxygens (including phenoxy) is 1. The third-order valence-electron chi connectivity index (χ3n) is 7.19. The number of halogens is 1. The Balaban J connectivity index is 1.39. The molecule has 0 radical (unpaired) electrons. The average molecular weight is 460 g/mol. The standard InChI is InChI=1S/C26H26FN5O2/c1-15-12-22(31-11-8-19-20(31)7-10-28-19)30-23(13-15)32-14-17-16(26(32)33)6-9-29-25(17)24-18(27)4-3-5-21(24)34-2/h3-6,9,12-13,19-20,28H,7-8,10-11,14H2,1-2H3. The Bertz CT molecular complexity index is 1300.